The van der Waals surface area contributed by atoms with E-state index in [-0.39, 0.29) is 11.8 Å². The van der Waals surface area contributed by atoms with Crippen LogP contribution in [0.4, 0.5) is 10.5 Å². The number of benzene rings is 2. The van der Waals surface area contributed by atoms with E-state index in [9.17, 15) is 9.59 Å². The number of nitrogens with one attached hydrogen (secondary N) is 1. The van der Waals surface area contributed by atoms with Gasteiger partial charge in [0.05, 0.1) is 15.2 Å². The molecule has 0 aliphatic carbocycles. The van der Waals surface area contributed by atoms with Gasteiger partial charge >= 0.3 is 6.03 Å². The fraction of sp³-hybridized carbons (Fsp3) is 0.250. The molecule has 0 saturated carbocycles. The number of hydrogen-bond donors (Lipinski definition) is 2. The zero-order valence-electron chi connectivity index (χ0n) is 14.7. The molecule has 1 fully saturated rings. The summed E-state index contributed by atoms with van der Waals surface area (Å²) in [5, 5.41) is 3.61. The highest BCUT2D eigenvalue weighted by molar-refractivity contribution is 7.18. The molecule has 3 N–H and O–H groups in total. The number of carbonyl (C=O) groups is 2. The Hall–Kier alpha value is -2.93. The number of hydrogen-bond acceptors (Lipinski definition) is 4. The molecule has 4 rings (SSSR count). The molecule has 1 atom stereocenters. The largest absolute Gasteiger partial charge is 0.351 e. The number of nitrogens with two attached hydrogens (primary N) is 1. The molecule has 1 aliphatic rings. The quantitative estimate of drug-likeness (QED) is 0.724. The predicted octanol–water partition coefficient (Wildman–Crippen LogP) is 3.81. The number of nitrogens with zero attached hydrogens (tertiary/aromatic N) is 2. The lowest BCUT2D eigenvalue weighted by molar-refractivity contribution is 0.0707. The second-order valence-corrected chi connectivity index (χ2v) is 7.74. The Morgan fingerprint density at radius 2 is 2.04 bits per heavy atom. The Bertz CT molecular complexity index is 967. The minimum atomic E-state index is -0.645. The molecule has 27 heavy (non-hydrogen) atoms. The highest BCUT2D eigenvalue weighted by atomic mass is 32.1. The number of para-hydroxylation sites is 1. The van der Waals surface area contributed by atoms with E-state index < -0.39 is 6.03 Å². The maximum absolute atomic E-state index is 13.0. The Morgan fingerprint density at radius 3 is 2.85 bits per heavy atom. The van der Waals surface area contributed by atoms with Crippen molar-refractivity contribution in [3.05, 3.63) is 59.1 Å². The van der Waals surface area contributed by atoms with Crippen LogP contribution in [-0.2, 0) is 0 Å². The summed E-state index contributed by atoms with van der Waals surface area (Å²) in [6, 6.07) is 14.4. The van der Waals surface area contributed by atoms with E-state index in [1.165, 1.54) is 4.70 Å². The van der Waals surface area contributed by atoms with Crippen LogP contribution in [0.3, 0.4) is 0 Å². The Balaban J connectivity index is 1.52. The van der Waals surface area contributed by atoms with Gasteiger partial charge in [-0.1, -0.05) is 18.2 Å². The van der Waals surface area contributed by atoms with Gasteiger partial charge in [-0.25, -0.2) is 9.78 Å². The van der Waals surface area contributed by atoms with Gasteiger partial charge < -0.3 is 16.0 Å². The predicted molar refractivity (Wildman–Crippen MR) is 107 cm³/mol. The van der Waals surface area contributed by atoms with E-state index in [0.29, 0.717) is 17.8 Å². The van der Waals surface area contributed by atoms with Gasteiger partial charge in [0, 0.05) is 30.3 Å². The second kappa shape index (κ2) is 7.36. The average molecular weight is 380 g/mol. The van der Waals surface area contributed by atoms with Gasteiger partial charge in [0.15, 0.2) is 0 Å². The standard InChI is InChI=1S/C20H20N4O2S/c21-20(26)22-15-7-3-5-13(11-15)19(25)24-10-4-6-14(12-24)18-23-16-8-1-2-9-17(16)27-18/h1-3,5,7-9,11,14H,4,6,10,12H2,(H3,21,22,26)/t14-/m0/s1. The topological polar surface area (TPSA) is 88.3 Å². The van der Waals surface area contributed by atoms with E-state index in [1.54, 1.807) is 35.6 Å². The monoisotopic (exact) mass is 380 g/mol. The first-order valence-electron chi connectivity index (χ1n) is 8.91. The fourth-order valence-corrected chi connectivity index (χ4v) is 4.58. The Labute approximate surface area is 161 Å². The lowest BCUT2D eigenvalue weighted by Crippen LogP contribution is -2.39. The summed E-state index contributed by atoms with van der Waals surface area (Å²) >= 11 is 1.71. The average Bonchev–Trinajstić information content (AvgIpc) is 3.11. The van der Waals surface area contributed by atoms with Crippen molar-refractivity contribution in [3.8, 4) is 0 Å². The molecule has 0 radical (unpaired) electrons. The summed E-state index contributed by atoms with van der Waals surface area (Å²) < 4.78 is 1.18. The van der Waals surface area contributed by atoms with Crippen LogP contribution < -0.4 is 11.1 Å². The number of carbonyl (C=O) groups excluding carboxylic acids is 2. The zero-order chi connectivity index (χ0) is 18.8. The van der Waals surface area contributed by atoms with E-state index in [2.05, 4.69) is 11.4 Å². The van der Waals surface area contributed by atoms with Crippen LogP contribution in [0.1, 0.15) is 34.1 Å². The van der Waals surface area contributed by atoms with Crippen molar-refractivity contribution in [3.63, 3.8) is 0 Å². The molecule has 2 aromatic carbocycles. The molecule has 0 bridgehead atoms. The third-order valence-corrected chi connectivity index (χ3v) is 5.94. The molecule has 0 spiro atoms. The molecule has 3 amide bonds. The van der Waals surface area contributed by atoms with Crippen LogP contribution in [0, 0.1) is 0 Å². The number of anilines is 1. The van der Waals surface area contributed by atoms with Crippen molar-refractivity contribution < 1.29 is 9.59 Å². The Kier molecular flexibility index (Phi) is 4.77. The van der Waals surface area contributed by atoms with Crippen molar-refractivity contribution in [1.82, 2.24) is 9.88 Å². The lowest BCUT2D eigenvalue weighted by Gasteiger charge is -2.32. The van der Waals surface area contributed by atoms with E-state index in [0.717, 1.165) is 29.9 Å². The van der Waals surface area contributed by atoms with E-state index in [4.69, 9.17) is 10.7 Å². The number of piperidine rings is 1. The van der Waals surface area contributed by atoms with Crippen molar-refractivity contribution >= 4 is 39.2 Å². The SMILES string of the molecule is NC(=O)Nc1cccc(C(=O)N2CCC[C@H](c3nc4ccccc4s3)C2)c1. The van der Waals surface area contributed by atoms with Crippen LogP contribution in [0.25, 0.3) is 10.2 Å². The molecule has 3 aromatic rings. The third kappa shape index (κ3) is 3.78. The van der Waals surface area contributed by atoms with Gasteiger partial charge in [-0.3, -0.25) is 4.79 Å². The molecule has 7 heteroatoms. The molecule has 1 aliphatic heterocycles. The van der Waals surface area contributed by atoms with Crippen LogP contribution in [0.15, 0.2) is 48.5 Å². The maximum atomic E-state index is 13.0. The number of fused-ring (bicyclic) bond motifs is 1. The number of likely N-dealkylation sites (tertiary alicyclic amines) is 1. The number of amides is 3. The summed E-state index contributed by atoms with van der Waals surface area (Å²) in [5.74, 6) is 0.223. The summed E-state index contributed by atoms with van der Waals surface area (Å²) in [4.78, 5) is 30.6. The molecule has 6 nitrogen and oxygen atoms in total. The molecule has 2 heterocycles. The number of thiazole rings is 1. The molecule has 0 unspecified atom stereocenters. The number of primary amides is 1. The minimum Gasteiger partial charge on any atom is -0.351 e. The van der Waals surface area contributed by atoms with Crippen molar-refractivity contribution in [2.75, 3.05) is 18.4 Å². The summed E-state index contributed by atoms with van der Waals surface area (Å²) in [5.41, 5.74) is 7.25. The summed E-state index contributed by atoms with van der Waals surface area (Å²) in [6.45, 7) is 1.39. The van der Waals surface area contributed by atoms with E-state index >= 15 is 0 Å². The van der Waals surface area contributed by atoms with Gasteiger partial charge in [0.2, 0.25) is 0 Å². The second-order valence-electron chi connectivity index (χ2n) is 6.68. The first kappa shape index (κ1) is 17.5. The normalized spacial score (nSPS) is 17.0. The number of urea groups is 1. The molecule has 1 saturated heterocycles. The zero-order valence-corrected chi connectivity index (χ0v) is 15.5. The van der Waals surface area contributed by atoms with Gasteiger partial charge in [-0.2, -0.15) is 0 Å². The lowest BCUT2D eigenvalue weighted by atomic mass is 9.98. The van der Waals surface area contributed by atoms with Crippen molar-refractivity contribution in [2.24, 2.45) is 5.73 Å². The number of rotatable bonds is 3. The van der Waals surface area contributed by atoms with Gasteiger partial charge in [0.25, 0.3) is 5.91 Å². The van der Waals surface area contributed by atoms with Crippen LogP contribution in [0.2, 0.25) is 0 Å². The maximum Gasteiger partial charge on any atom is 0.316 e. The smallest absolute Gasteiger partial charge is 0.316 e. The summed E-state index contributed by atoms with van der Waals surface area (Å²) in [6.07, 6.45) is 1.98. The third-order valence-electron chi connectivity index (χ3n) is 4.75. The van der Waals surface area contributed by atoms with Crippen LogP contribution >= 0.6 is 11.3 Å². The van der Waals surface area contributed by atoms with Crippen molar-refractivity contribution in [1.29, 1.82) is 0 Å². The molecular weight excluding hydrogens is 360 g/mol. The minimum absolute atomic E-state index is 0.0334. The molecule has 138 valence electrons. The van der Waals surface area contributed by atoms with Crippen LogP contribution in [-0.4, -0.2) is 34.9 Å². The van der Waals surface area contributed by atoms with Gasteiger partial charge in [-0.05, 0) is 43.2 Å². The molecule has 1 aromatic heterocycles. The fourth-order valence-electron chi connectivity index (χ4n) is 3.48. The molecular formula is C20H20N4O2S. The highest BCUT2D eigenvalue weighted by Crippen LogP contribution is 2.33. The highest BCUT2D eigenvalue weighted by Gasteiger charge is 2.27. The first-order chi connectivity index (χ1) is 13.1. The Morgan fingerprint density at radius 1 is 1.19 bits per heavy atom. The van der Waals surface area contributed by atoms with Gasteiger partial charge in [0.1, 0.15) is 0 Å². The first-order valence-corrected chi connectivity index (χ1v) is 9.73. The van der Waals surface area contributed by atoms with E-state index in [1.807, 2.05) is 23.1 Å². The number of aromatic nitrogens is 1. The van der Waals surface area contributed by atoms with Crippen molar-refractivity contribution in [2.45, 2.75) is 18.8 Å². The van der Waals surface area contributed by atoms with Crippen LogP contribution in [0.5, 0.6) is 0 Å². The summed E-state index contributed by atoms with van der Waals surface area (Å²) in [7, 11) is 0. The van der Waals surface area contributed by atoms with Gasteiger partial charge in [-0.15, -0.1) is 11.3 Å².